The predicted octanol–water partition coefficient (Wildman–Crippen LogP) is 2.70. The highest BCUT2D eigenvalue weighted by Gasteiger charge is 2.15. The zero-order valence-corrected chi connectivity index (χ0v) is 12.9. The van der Waals surface area contributed by atoms with Crippen molar-refractivity contribution in [1.82, 2.24) is 10.3 Å². The summed E-state index contributed by atoms with van der Waals surface area (Å²) in [5.74, 6) is -0.548. The first-order chi connectivity index (χ1) is 10.3. The van der Waals surface area contributed by atoms with Gasteiger partial charge in [-0.3, -0.25) is 10.1 Å². The number of imide groups is 1. The van der Waals surface area contributed by atoms with Crippen LogP contribution in [0.15, 0.2) is 42.2 Å². The van der Waals surface area contributed by atoms with Crippen LogP contribution in [0.25, 0.3) is 10.9 Å². The summed E-state index contributed by atoms with van der Waals surface area (Å²) in [5, 5.41) is 5.81. The molecule has 0 spiro atoms. The number of aromatic nitrogens is 1. The van der Waals surface area contributed by atoms with Gasteiger partial charge in [-0.15, -0.1) is 0 Å². The van der Waals surface area contributed by atoms with Gasteiger partial charge in [0, 0.05) is 40.0 Å². The molecule has 0 atom stereocenters. The van der Waals surface area contributed by atoms with E-state index in [2.05, 4.69) is 15.6 Å². The third-order valence-corrected chi connectivity index (χ3v) is 3.20. The van der Waals surface area contributed by atoms with Crippen LogP contribution in [0.1, 0.15) is 20.8 Å². The number of hydrogen-bond donors (Lipinski definition) is 4. The molecule has 116 valence electrons. The maximum Gasteiger partial charge on any atom is 0.326 e. The summed E-state index contributed by atoms with van der Waals surface area (Å²) in [6.07, 6.45) is 3.05. The molecule has 2 aromatic rings. The second-order valence-electron chi connectivity index (χ2n) is 6.07. The number of benzene rings is 1. The van der Waals surface area contributed by atoms with Crippen LogP contribution < -0.4 is 16.4 Å². The number of carbonyl (C=O) groups is 2. The number of nitrogens with two attached hydrogens (primary N) is 1. The SMILES string of the molecule is CC(C)(C)/C(N)=C/C(=O)NC(=O)Nc1ccc2[nH]ccc2c1. The minimum absolute atomic E-state index is 0.326. The van der Waals surface area contributed by atoms with Crippen molar-refractivity contribution >= 4 is 28.5 Å². The first-order valence-electron chi connectivity index (χ1n) is 6.92. The number of rotatable bonds is 2. The summed E-state index contributed by atoms with van der Waals surface area (Å²) in [4.78, 5) is 26.6. The number of amides is 3. The van der Waals surface area contributed by atoms with Gasteiger partial charge in [0.15, 0.2) is 0 Å². The van der Waals surface area contributed by atoms with Crippen LogP contribution in [-0.2, 0) is 4.79 Å². The Morgan fingerprint density at radius 2 is 1.95 bits per heavy atom. The third kappa shape index (κ3) is 3.88. The van der Waals surface area contributed by atoms with E-state index in [4.69, 9.17) is 5.73 Å². The normalized spacial score (nSPS) is 12.2. The highest BCUT2D eigenvalue weighted by Crippen LogP contribution is 2.20. The van der Waals surface area contributed by atoms with E-state index in [1.54, 1.807) is 6.07 Å². The molecule has 1 aromatic heterocycles. The molecule has 1 aromatic carbocycles. The number of carbonyl (C=O) groups excluding carboxylic acids is 2. The maximum atomic E-state index is 11.8. The lowest BCUT2D eigenvalue weighted by Gasteiger charge is -2.18. The van der Waals surface area contributed by atoms with Gasteiger partial charge < -0.3 is 16.0 Å². The molecular formula is C16H20N4O2. The molecular weight excluding hydrogens is 280 g/mol. The van der Waals surface area contributed by atoms with Crippen LogP contribution in [-0.4, -0.2) is 16.9 Å². The van der Waals surface area contributed by atoms with Crippen molar-refractivity contribution in [3.05, 3.63) is 42.2 Å². The summed E-state index contributed by atoms with van der Waals surface area (Å²) in [7, 11) is 0. The molecule has 0 radical (unpaired) electrons. The highest BCUT2D eigenvalue weighted by molar-refractivity contribution is 6.05. The smallest absolute Gasteiger partial charge is 0.326 e. The molecule has 0 saturated heterocycles. The average Bonchev–Trinajstić information content (AvgIpc) is 2.84. The summed E-state index contributed by atoms with van der Waals surface area (Å²) in [6, 6.07) is 6.72. The van der Waals surface area contributed by atoms with Crippen LogP contribution >= 0.6 is 0 Å². The number of hydrogen-bond acceptors (Lipinski definition) is 3. The van der Waals surface area contributed by atoms with Crippen LogP contribution in [0, 0.1) is 5.41 Å². The van der Waals surface area contributed by atoms with Gasteiger partial charge in [-0.1, -0.05) is 20.8 Å². The number of H-pyrrole nitrogens is 1. The Labute approximate surface area is 128 Å². The van der Waals surface area contributed by atoms with Crippen molar-refractivity contribution in [2.75, 3.05) is 5.32 Å². The highest BCUT2D eigenvalue weighted by atomic mass is 16.2. The number of urea groups is 1. The molecule has 3 amide bonds. The molecule has 0 unspecified atom stereocenters. The lowest BCUT2D eigenvalue weighted by atomic mass is 9.92. The van der Waals surface area contributed by atoms with Crippen molar-refractivity contribution in [2.24, 2.45) is 11.1 Å². The molecule has 0 aliphatic rings. The van der Waals surface area contributed by atoms with Crippen LogP contribution in [0.3, 0.4) is 0 Å². The molecule has 0 saturated carbocycles. The third-order valence-electron chi connectivity index (χ3n) is 3.20. The molecule has 0 bridgehead atoms. The summed E-state index contributed by atoms with van der Waals surface area (Å²) in [6.45, 7) is 5.66. The largest absolute Gasteiger partial charge is 0.401 e. The number of allylic oxidation sites excluding steroid dienone is 1. The van der Waals surface area contributed by atoms with E-state index in [0.29, 0.717) is 11.4 Å². The zero-order valence-electron chi connectivity index (χ0n) is 12.9. The van der Waals surface area contributed by atoms with E-state index in [1.165, 1.54) is 6.08 Å². The molecule has 2 rings (SSSR count). The minimum Gasteiger partial charge on any atom is -0.401 e. The fourth-order valence-corrected chi connectivity index (χ4v) is 1.80. The molecule has 0 fully saturated rings. The Morgan fingerprint density at radius 1 is 1.23 bits per heavy atom. The minimum atomic E-state index is -0.599. The van der Waals surface area contributed by atoms with Crippen molar-refractivity contribution in [3.63, 3.8) is 0 Å². The average molecular weight is 300 g/mol. The summed E-state index contributed by atoms with van der Waals surface area (Å²) >= 11 is 0. The van der Waals surface area contributed by atoms with Crippen molar-refractivity contribution in [1.29, 1.82) is 0 Å². The Kier molecular flexibility index (Phi) is 4.21. The van der Waals surface area contributed by atoms with E-state index in [0.717, 1.165) is 10.9 Å². The summed E-state index contributed by atoms with van der Waals surface area (Å²) in [5.41, 5.74) is 7.45. The molecule has 6 nitrogen and oxygen atoms in total. The van der Waals surface area contributed by atoms with Gasteiger partial charge in [-0.05, 0) is 24.3 Å². The number of fused-ring (bicyclic) bond motifs is 1. The lowest BCUT2D eigenvalue weighted by molar-refractivity contribution is -0.115. The van der Waals surface area contributed by atoms with Gasteiger partial charge in [-0.2, -0.15) is 0 Å². The maximum absolute atomic E-state index is 11.8. The van der Waals surface area contributed by atoms with E-state index in [-0.39, 0.29) is 5.41 Å². The fraction of sp³-hybridized carbons (Fsp3) is 0.250. The summed E-state index contributed by atoms with van der Waals surface area (Å²) < 4.78 is 0. The van der Waals surface area contributed by atoms with E-state index in [9.17, 15) is 9.59 Å². The first-order valence-corrected chi connectivity index (χ1v) is 6.92. The van der Waals surface area contributed by atoms with Gasteiger partial charge in [0.25, 0.3) is 5.91 Å². The second kappa shape index (κ2) is 5.93. The topological polar surface area (TPSA) is 100 Å². The monoisotopic (exact) mass is 300 g/mol. The fourth-order valence-electron chi connectivity index (χ4n) is 1.80. The van der Waals surface area contributed by atoms with Crippen molar-refractivity contribution < 1.29 is 9.59 Å². The Bertz CT molecular complexity index is 738. The molecule has 1 heterocycles. The van der Waals surface area contributed by atoms with Gasteiger partial charge in [0.1, 0.15) is 0 Å². The van der Waals surface area contributed by atoms with E-state index < -0.39 is 11.9 Å². The molecule has 22 heavy (non-hydrogen) atoms. The van der Waals surface area contributed by atoms with E-state index >= 15 is 0 Å². The molecule has 0 aliphatic carbocycles. The zero-order chi connectivity index (χ0) is 16.3. The number of anilines is 1. The Hall–Kier alpha value is -2.76. The van der Waals surface area contributed by atoms with Crippen LogP contribution in [0.5, 0.6) is 0 Å². The molecule has 5 N–H and O–H groups in total. The van der Waals surface area contributed by atoms with Gasteiger partial charge in [0.05, 0.1) is 0 Å². The van der Waals surface area contributed by atoms with Crippen LogP contribution in [0.2, 0.25) is 0 Å². The second-order valence-corrected chi connectivity index (χ2v) is 6.07. The standard InChI is InChI=1S/C16H20N4O2/c1-16(2,3)13(17)9-14(21)20-15(22)19-11-4-5-12-10(8-11)6-7-18-12/h4-9,18H,17H2,1-3H3,(H2,19,20,21,22)/b13-9-. The van der Waals surface area contributed by atoms with Crippen LogP contribution in [0.4, 0.5) is 10.5 Å². The van der Waals surface area contributed by atoms with Gasteiger partial charge in [-0.25, -0.2) is 4.79 Å². The van der Waals surface area contributed by atoms with Gasteiger partial charge >= 0.3 is 6.03 Å². The quantitative estimate of drug-likeness (QED) is 0.641. The lowest BCUT2D eigenvalue weighted by Crippen LogP contribution is -2.34. The van der Waals surface area contributed by atoms with Crippen molar-refractivity contribution in [3.8, 4) is 0 Å². The first kappa shape index (κ1) is 15.6. The Morgan fingerprint density at radius 3 is 2.64 bits per heavy atom. The van der Waals surface area contributed by atoms with Gasteiger partial charge in [0.2, 0.25) is 0 Å². The molecule has 6 heteroatoms. The van der Waals surface area contributed by atoms with Crippen molar-refractivity contribution in [2.45, 2.75) is 20.8 Å². The van der Waals surface area contributed by atoms with E-state index in [1.807, 2.05) is 45.2 Å². The number of nitrogens with one attached hydrogen (secondary N) is 3. The molecule has 0 aliphatic heterocycles. The Balaban J connectivity index is 1.99. The predicted molar refractivity (Wildman–Crippen MR) is 87.2 cm³/mol. The number of aromatic amines is 1.